The van der Waals surface area contributed by atoms with E-state index in [9.17, 15) is 9.59 Å². The van der Waals surface area contributed by atoms with E-state index in [0.29, 0.717) is 6.29 Å². The molecule has 0 amide bonds. The Balaban J connectivity index is 2.69. The number of benzene rings is 1. The fraction of sp³-hybridized carbons (Fsp3) is 0. The van der Waals surface area contributed by atoms with Gasteiger partial charge in [-0.3, -0.25) is 4.79 Å². The highest BCUT2D eigenvalue weighted by Crippen LogP contribution is 2.35. The van der Waals surface area contributed by atoms with Crippen molar-refractivity contribution in [2.75, 3.05) is 0 Å². The smallest absolute Gasteiger partial charge is 0.336 e. The van der Waals surface area contributed by atoms with Gasteiger partial charge in [0, 0.05) is 5.02 Å². The van der Waals surface area contributed by atoms with Gasteiger partial charge in [-0.2, -0.15) is 0 Å². The van der Waals surface area contributed by atoms with Crippen LogP contribution in [0.25, 0.3) is 11.3 Å². The van der Waals surface area contributed by atoms with E-state index in [1.165, 1.54) is 24.3 Å². The van der Waals surface area contributed by atoms with Gasteiger partial charge in [-0.25, -0.2) is 4.79 Å². The molecule has 0 atom stereocenters. The van der Waals surface area contributed by atoms with Crippen molar-refractivity contribution in [3.8, 4) is 11.3 Å². The lowest BCUT2D eigenvalue weighted by Gasteiger charge is -2.06. The van der Waals surface area contributed by atoms with Crippen LogP contribution in [0.1, 0.15) is 20.9 Å². The second-order valence-corrected chi connectivity index (χ2v) is 4.28. The van der Waals surface area contributed by atoms with E-state index in [-0.39, 0.29) is 32.7 Å². The quantitative estimate of drug-likeness (QED) is 0.872. The number of halogens is 2. The number of hydrogen-bond donors (Lipinski definition) is 1. The lowest BCUT2D eigenvalue weighted by atomic mass is 10.1. The average Bonchev–Trinajstić information content (AvgIpc) is 2.76. The van der Waals surface area contributed by atoms with Gasteiger partial charge in [0.05, 0.1) is 16.1 Å². The van der Waals surface area contributed by atoms with Crippen LogP contribution in [0, 0.1) is 0 Å². The predicted octanol–water partition coefficient (Wildman–Crippen LogP) is 3.76. The number of carbonyl (C=O) groups excluding carboxylic acids is 1. The van der Waals surface area contributed by atoms with Crippen LogP contribution in [0.15, 0.2) is 28.7 Å². The number of hydrogen-bond acceptors (Lipinski definition) is 3. The summed E-state index contributed by atoms with van der Waals surface area (Å²) in [6, 6.07) is 5.59. The summed E-state index contributed by atoms with van der Waals surface area (Å²) in [4.78, 5) is 21.7. The molecular weight excluding hydrogens is 279 g/mol. The van der Waals surface area contributed by atoms with Crippen molar-refractivity contribution in [2.45, 2.75) is 0 Å². The molecule has 0 fully saturated rings. The number of rotatable bonds is 3. The molecule has 0 aliphatic rings. The third-order valence-electron chi connectivity index (χ3n) is 2.27. The normalized spacial score (nSPS) is 10.3. The third-order valence-corrected chi connectivity index (χ3v) is 2.79. The molecule has 2 rings (SSSR count). The Bertz CT molecular complexity index is 631. The molecule has 0 bridgehead atoms. The van der Waals surface area contributed by atoms with E-state index in [1.807, 2.05) is 0 Å². The molecule has 1 heterocycles. The van der Waals surface area contributed by atoms with Gasteiger partial charge in [0.25, 0.3) is 0 Å². The molecule has 1 aromatic heterocycles. The number of carboxylic acids is 1. The van der Waals surface area contributed by atoms with Gasteiger partial charge in [-0.05, 0) is 24.3 Å². The molecule has 92 valence electrons. The molecular formula is C12H6Cl2O4. The molecule has 1 N–H and O–H groups in total. The van der Waals surface area contributed by atoms with E-state index in [4.69, 9.17) is 32.7 Å². The molecule has 0 radical (unpaired) electrons. The van der Waals surface area contributed by atoms with E-state index >= 15 is 0 Å². The lowest BCUT2D eigenvalue weighted by molar-refractivity contribution is 0.0697. The monoisotopic (exact) mass is 284 g/mol. The molecule has 18 heavy (non-hydrogen) atoms. The molecule has 6 heteroatoms. The van der Waals surface area contributed by atoms with Crippen molar-refractivity contribution in [3.63, 3.8) is 0 Å². The fourth-order valence-corrected chi connectivity index (χ4v) is 2.13. The Morgan fingerprint density at radius 1 is 1.28 bits per heavy atom. The average molecular weight is 285 g/mol. The second-order valence-electron chi connectivity index (χ2n) is 3.44. The maximum absolute atomic E-state index is 11.1. The largest absolute Gasteiger partial charge is 0.478 e. The first-order valence-corrected chi connectivity index (χ1v) is 5.56. The van der Waals surface area contributed by atoms with Crippen molar-refractivity contribution in [2.24, 2.45) is 0 Å². The van der Waals surface area contributed by atoms with Crippen LogP contribution in [0.5, 0.6) is 0 Å². The van der Waals surface area contributed by atoms with Gasteiger partial charge < -0.3 is 9.52 Å². The Morgan fingerprint density at radius 3 is 2.56 bits per heavy atom. The van der Waals surface area contributed by atoms with Crippen molar-refractivity contribution in [1.29, 1.82) is 0 Å². The summed E-state index contributed by atoms with van der Waals surface area (Å²) < 4.78 is 5.17. The molecule has 0 spiro atoms. The van der Waals surface area contributed by atoms with Crippen LogP contribution in [0.4, 0.5) is 0 Å². The summed E-state index contributed by atoms with van der Waals surface area (Å²) in [5, 5.41) is 9.47. The Labute approximate surface area is 112 Å². The van der Waals surface area contributed by atoms with Gasteiger partial charge in [-0.15, -0.1) is 0 Å². The standard InChI is InChI=1S/C12H6Cl2O4/c13-6-3-8(12(16)17)11(9(14)4-6)10-2-1-7(5-15)18-10/h1-5H,(H,16,17). The van der Waals surface area contributed by atoms with Gasteiger partial charge >= 0.3 is 5.97 Å². The van der Waals surface area contributed by atoms with Crippen LogP contribution < -0.4 is 0 Å². The molecule has 0 aliphatic heterocycles. The number of carboxylic acid groups (broad SMARTS) is 1. The van der Waals surface area contributed by atoms with Crippen LogP contribution in [0.2, 0.25) is 10.0 Å². The first kappa shape index (κ1) is 12.7. The zero-order valence-corrected chi connectivity index (χ0v) is 10.3. The minimum atomic E-state index is -1.18. The summed E-state index contributed by atoms with van der Waals surface area (Å²) in [5.41, 5.74) is 0.112. The summed E-state index contributed by atoms with van der Waals surface area (Å²) in [5.74, 6) is -0.887. The van der Waals surface area contributed by atoms with Crippen molar-refractivity contribution in [1.82, 2.24) is 0 Å². The van der Waals surface area contributed by atoms with E-state index in [1.54, 1.807) is 0 Å². The van der Waals surface area contributed by atoms with E-state index in [2.05, 4.69) is 0 Å². The summed E-state index contributed by atoms with van der Waals surface area (Å²) in [6.45, 7) is 0. The van der Waals surface area contributed by atoms with E-state index in [0.717, 1.165) is 0 Å². The van der Waals surface area contributed by atoms with Gasteiger partial charge in [0.1, 0.15) is 5.76 Å². The highest BCUT2D eigenvalue weighted by Gasteiger charge is 2.19. The first-order valence-electron chi connectivity index (χ1n) is 4.80. The highest BCUT2D eigenvalue weighted by atomic mass is 35.5. The first-order chi connectivity index (χ1) is 8.52. The van der Waals surface area contributed by atoms with Crippen molar-refractivity contribution < 1.29 is 19.1 Å². The maximum Gasteiger partial charge on any atom is 0.336 e. The topological polar surface area (TPSA) is 67.5 Å². The lowest BCUT2D eigenvalue weighted by Crippen LogP contribution is -2.00. The summed E-state index contributed by atoms with van der Waals surface area (Å²) in [7, 11) is 0. The molecule has 0 aliphatic carbocycles. The second kappa shape index (κ2) is 4.84. The van der Waals surface area contributed by atoms with Gasteiger partial charge in [-0.1, -0.05) is 23.2 Å². The van der Waals surface area contributed by atoms with Gasteiger partial charge in [0.2, 0.25) is 0 Å². The zero-order chi connectivity index (χ0) is 13.3. The van der Waals surface area contributed by atoms with Gasteiger partial charge in [0.15, 0.2) is 12.0 Å². The zero-order valence-electron chi connectivity index (χ0n) is 8.81. The Morgan fingerprint density at radius 2 is 2.00 bits per heavy atom. The van der Waals surface area contributed by atoms with Crippen molar-refractivity contribution >= 4 is 35.5 Å². The molecule has 0 saturated carbocycles. The summed E-state index contributed by atoms with van der Waals surface area (Å²) >= 11 is 11.7. The Hall–Kier alpha value is -1.78. The maximum atomic E-state index is 11.1. The van der Waals surface area contributed by atoms with Crippen LogP contribution in [-0.2, 0) is 0 Å². The SMILES string of the molecule is O=Cc1ccc(-c2c(Cl)cc(Cl)cc2C(=O)O)o1. The molecule has 0 saturated heterocycles. The van der Waals surface area contributed by atoms with Crippen molar-refractivity contribution in [3.05, 3.63) is 45.6 Å². The molecule has 0 unspecified atom stereocenters. The predicted molar refractivity (Wildman–Crippen MR) is 66.5 cm³/mol. The minimum absolute atomic E-state index is 0.0840. The number of furan rings is 1. The van der Waals surface area contributed by atoms with Crippen LogP contribution in [0.3, 0.4) is 0 Å². The minimum Gasteiger partial charge on any atom is -0.478 e. The van der Waals surface area contributed by atoms with Crippen LogP contribution in [-0.4, -0.2) is 17.4 Å². The van der Waals surface area contributed by atoms with E-state index < -0.39 is 5.97 Å². The molecule has 2 aromatic rings. The fourth-order valence-electron chi connectivity index (χ4n) is 1.54. The molecule has 1 aromatic carbocycles. The highest BCUT2D eigenvalue weighted by molar-refractivity contribution is 6.37. The number of aldehydes is 1. The Kier molecular flexibility index (Phi) is 3.41. The molecule has 4 nitrogen and oxygen atoms in total. The third kappa shape index (κ3) is 2.25. The number of carbonyl (C=O) groups is 2. The number of aromatic carboxylic acids is 1. The van der Waals surface area contributed by atoms with Crippen LogP contribution >= 0.6 is 23.2 Å². The summed E-state index contributed by atoms with van der Waals surface area (Å²) in [6.07, 6.45) is 0.522.